The fourth-order valence-corrected chi connectivity index (χ4v) is 2.70. The molecule has 0 unspecified atom stereocenters. The highest BCUT2D eigenvalue weighted by Crippen LogP contribution is 2.18. The fourth-order valence-electron chi connectivity index (χ4n) is 1.20. The number of aliphatic carboxylic acids is 1. The molecule has 0 radical (unpaired) electrons. The number of hydrogen-bond donors (Lipinski definition) is 1. The lowest BCUT2D eigenvalue weighted by Crippen LogP contribution is -2.40. The molecule has 0 aliphatic rings. The molecule has 0 bridgehead atoms. The standard InChI is InChI=1S/C9H13NO5S/c1-7(2)10(6-8(11)12)16(13,14)9-4-3-5-15-9/h3-5,7H,6H2,1-2H3,(H,11,12). The second-order valence-corrected chi connectivity index (χ2v) is 5.29. The molecule has 7 heteroatoms. The first-order valence-electron chi connectivity index (χ1n) is 4.63. The second kappa shape index (κ2) is 4.67. The summed E-state index contributed by atoms with van der Waals surface area (Å²) in [5, 5.41) is 8.41. The minimum absolute atomic E-state index is 0.248. The number of sulfonamides is 1. The van der Waals surface area contributed by atoms with Gasteiger partial charge in [0.25, 0.3) is 10.0 Å². The number of furan rings is 1. The van der Waals surface area contributed by atoms with E-state index >= 15 is 0 Å². The van der Waals surface area contributed by atoms with E-state index in [1.54, 1.807) is 13.8 Å². The minimum Gasteiger partial charge on any atom is -0.480 e. The molecule has 1 aromatic heterocycles. The van der Waals surface area contributed by atoms with Crippen LogP contribution < -0.4 is 0 Å². The van der Waals surface area contributed by atoms with Crippen LogP contribution in [-0.4, -0.2) is 36.4 Å². The number of carboxylic acids is 1. The zero-order valence-electron chi connectivity index (χ0n) is 8.95. The van der Waals surface area contributed by atoms with E-state index in [4.69, 9.17) is 9.52 Å². The molecule has 0 aromatic carbocycles. The molecule has 0 fully saturated rings. The Morgan fingerprint density at radius 3 is 2.56 bits per heavy atom. The monoisotopic (exact) mass is 247 g/mol. The highest BCUT2D eigenvalue weighted by Gasteiger charge is 2.30. The van der Waals surface area contributed by atoms with Gasteiger partial charge in [0.1, 0.15) is 6.54 Å². The van der Waals surface area contributed by atoms with E-state index in [-0.39, 0.29) is 5.09 Å². The average Bonchev–Trinajstić information content (AvgIpc) is 2.66. The summed E-state index contributed by atoms with van der Waals surface area (Å²) in [6.45, 7) is 2.62. The molecule has 0 aliphatic heterocycles. The maximum atomic E-state index is 11.9. The third-order valence-electron chi connectivity index (χ3n) is 1.93. The number of carboxylic acid groups (broad SMARTS) is 1. The van der Waals surface area contributed by atoms with Gasteiger partial charge in [-0.15, -0.1) is 0 Å². The Hall–Kier alpha value is -1.34. The molecule has 1 aromatic rings. The van der Waals surface area contributed by atoms with Crippen molar-refractivity contribution in [2.24, 2.45) is 0 Å². The summed E-state index contributed by atoms with van der Waals surface area (Å²) in [5.41, 5.74) is 0. The quantitative estimate of drug-likeness (QED) is 0.830. The van der Waals surface area contributed by atoms with Crippen LogP contribution in [0.2, 0.25) is 0 Å². The van der Waals surface area contributed by atoms with Gasteiger partial charge in [0, 0.05) is 6.04 Å². The summed E-state index contributed by atoms with van der Waals surface area (Å²) in [6, 6.07) is 2.27. The first kappa shape index (κ1) is 12.7. The molecular formula is C9H13NO5S. The normalized spacial score (nSPS) is 12.2. The first-order chi connectivity index (χ1) is 7.35. The van der Waals surface area contributed by atoms with Crippen molar-refractivity contribution in [1.82, 2.24) is 4.31 Å². The maximum Gasteiger partial charge on any atom is 0.318 e. The van der Waals surface area contributed by atoms with Crippen molar-refractivity contribution in [3.05, 3.63) is 18.4 Å². The van der Waals surface area contributed by atoms with Crippen LogP contribution in [0.3, 0.4) is 0 Å². The van der Waals surface area contributed by atoms with E-state index in [0.29, 0.717) is 0 Å². The minimum atomic E-state index is -3.87. The average molecular weight is 247 g/mol. The smallest absolute Gasteiger partial charge is 0.318 e. The highest BCUT2D eigenvalue weighted by molar-refractivity contribution is 7.89. The van der Waals surface area contributed by atoms with Crippen molar-refractivity contribution in [1.29, 1.82) is 0 Å². The molecule has 0 saturated carbocycles. The summed E-state index contributed by atoms with van der Waals surface area (Å²) in [7, 11) is -3.87. The van der Waals surface area contributed by atoms with Gasteiger partial charge in [0.15, 0.2) is 0 Å². The van der Waals surface area contributed by atoms with Crippen molar-refractivity contribution >= 4 is 16.0 Å². The molecule has 16 heavy (non-hydrogen) atoms. The molecule has 1 N–H and O–H groups in total. The lowest BCUT2D eigenvalue weighted by atomic mass is 10.4. The fraction of sp³-hybridized carbons (Fsp3) is 0.444. The van der Waals surface area contributed by atoms with Crippen molar-refractivity contribution in [3.8, 4) is 0 Å². The van der Waals surface area contributed by atoms with Crippen LogP contribution in [-0.2, 0) is 14.8 Å². The van der Waals surface area contributed by atoms with Crippen molar-refractivity contribution in [2.75, 3.05) is 6.54 Å². The van der Waals surface area contributed by atoms with Gasteiger partial charge >= 0.3 is 5.97 Å². The molecule has 0 amide bonds. The van der Waals surface area contributed by atoms with Gasteiger partial charge in [0.05, 0.1) is 6.26 Å². The van der Waals surface area contributed by atoms with Crippen LogP contribution >= 0.6 is 0 Å². The maximum absolute atomic E-state index is 11.9. The highest BCUT2D eigenvalue weighted by atomic mass is 32.2. The Labute approximate surface area is 93.5 Å². The topological polar surface area (TPSA) is 87.8 Å². The van der Waals surface area contributed by atoms with E-state index in [9.17, 15) is 13.2 Å². The molecular weight excluding hydrogens is 234 g/mol. The summed E-state index contributed by atoms with van der Waals surface area (Å²) in [4.78, 5) is 10.6. The predicted octanol–water partition coefficient (Wildman–Crippen LogP) is 0.763. The van der Waals surface area contributed by atoms with Crippen molar-refractivity contribution in [3.63, 3.8) is 0 Å². The molecule has 1 rings (SSSR count). The summed E-state index contributed by atoms with van der Waals surface area (Å²) in [5.74, 6) is -1.20. The molecule has 90 valence electrons. The van der Waals surface area contributed by atoms with E-state index < -0.39 is 28.6 Å². The zero-order valence-corrected chi connectivity index (χ0v) is 9.77. The van der Waals surface area contributed by atoms with E-state index in [1.807, 2.05) is 0 Å². The number of nitrogens with zero attached hydrogens (tertiary/aromatic N) is 1. The summed E-state index contributed by atoms with van der Waals surface area (Å²) >= 11 is 0. The van der Waals surface area contributed by atoms with Crippen LogP contribution in [0.4, 0.5) is 0 Å². The van der Waals surface area contributed by atoms with Gasteiger partial charge in [-0.3, -0.25) is 4.79 Å². The number of carbonyl (C=O) groups is 1. The Morgan fingerprint density at radius 1 is 1.56 bits per heavy atom. The molecule has 0 saturated heterocycles. The largest absolute Gasteiger partial charge is 0.480 e. The Morgan fingerprint density at radius 2 is 2.19 bits per heavy atom. The van der Waals surface area contributed by atoms with Gasteiger partial charge < -0.3 is 9.52 Å². The van der Waals surface area contributed by atoms with Crippen molar-refractivity contribution < 1.29 is 22.7 Å². The molecule has 0 aliphatic carbocycles. The van der Waals surface area contributed by atoms with Gasteiger partial charge in [0.2, 0.25) is 5.09 Å². The molecule has 0 atom stereocenters. The Kier molecular flexibility index (Phi) is 3.71. The van der Waals surface area contributed by atoms with Gasteiger partial charge in [-0.05, 0) is 26.0 Å². The Bertz CT molecular complexity index is 448. The summed E-state index contributed by atoms with van der Waals surface area (Å²) < 4.78 is 29.5. The molecule has 0 spiro atoms. The second-order valence-electron chi connectivity index (χ2n) is 3.47. The van der Waals surface area contributed by atoms with E-state index in [1.165, 1.54) is 18.4 Å². The molecule has 6 nitrogen and oxygen atoms in total. The summed E-state index contributed by atoms with van der Waals surface area (Å²) in [6.07, 6.45) is 1.23. The van der Waals surface area contributed by atoms with Crippen LogP contribution in [0.15, 0.2) is 27.9 Å². The molecule has 1 heterocycles. The van der Waals surface area contributed by atoms with Crippen LogP contribution in [0.1, 0.15) is 13.8 Å². The van der Waals surface area contributed by atoms with E-state index in [0.717, 1.165) is 4.31 Å². The number of rotatable bonds is 5. The van der Waals surface area contributed by atoms with Crippen LogP contribution in [0.25, 0.3) is 0 Å². The van der Waals surface area contributed by atoms with Crippen LogP contribution in [0.5, 0.6) is 0 Å². The Balaban J connectivity index is 3.08. The van der Waals surface area contributed by atoms with Gasteiger partial charge in [-0.25, -0.2) is 8.42 Å². The third kappa shape index (κ3) is 2.61. The van der Waals surface area contributed by atoms with Gasteiger partial charge in [-0.2, -0.15) is 4.31 Å². The lowest BCUT2D eigenvalue weighted by molar-refractivity contribution is -0.137. The first-order valence-corrected chi connectivity index (χ1v) is 6.07. The lowest BCUT2D eigenvalue weighted by Gasteiger charge is -2.22. The SMILES string of the molecule is CC(C)N(CC(=O)O)S(=O)(=O)c1ccco1. The van der Waals surface area contributed by atoms with Crippen LogP contribution in [0, 0.1) is 0 Å². The third-order valence-corrected chi connectivity index (χ3v) is 3.83. The van der Waals surface area contributed by atoms with Crippen molar-refractivity contribution in [2.45, 2.75) is 25.0 Å². The van der Waals surface area contributed by atoms with E-state index in [2.05, 4.69) is 0 Å². The number of hydrogen-bond acceptors (Lipinski definition) is 4. The zero-order chi connectivity index (χ0) is 12.3. The van der Waals surface area contributed by atoms with Gasteiger partial charge in [-0.1, -0.05) is 0 Å². The predicted molar refractivity (Wildman–Crippen MR) is 55.4 cm³/mol.